The van der Waals surface area contributed by atoms with E-state index in [9.17, 15) is 14.0 Å². The summed E-state index contributed by atoms with van der Waals surface area (Å²) in [5.74, 6) is -0.831. The zero-order valence-corrected chi connectivity index (χ0v) is 22.8. The molecule has 0 aliphatic carbocycles. The number of rotatable bonds is 11. The van der Waals surface area contributed by atoms with Gasteiger partial charge in [0.15, 0.2) is 0 Å². The average Bonchev–Trinajstić information content (AvgIpc) is 2.95. The maximum Gasteiger partial charge on any atom is 0.243 e. The lowest BCUT2D eigenvalue weighted by Gasteiger charge is -2.32. The van der Waals surface area contributed by atoms with E-state index in [2.05, 4.69) is 5.32 Å². The van der Waals surface area contributed by atoms with E-state index in [-0.39, 0.29) is 37.1 Å². The van der Waals surface area contributed by atoms with Crippen LogP contribution < -0.4 is 5.32 Å². The Morgan fingerprint density at radius 2 is 1.44 bits per heavy atom. The predicted molar refractivity (Wildman–Crippen MR) is 154 cm³/mol. The minimum Gasteiger partial charge on any atom is -0.350 e. The van der Waals surface area contributed by atoms with Gasteiger partial charge >= 0.3 is 0 Å². The van der Waals surface area contributed by atoms with Crippen LogP contribution in [0.2, 0.25) is 10.0 Å². The van der Waals surface area contributed by atoms with Crippen molar-refractivity contribution in [2.45, 2.75) is 38.4 Å². The molecule has 1 atom stereocenters. The molecule has 4 aromatic carbocycles. The Morgan fingerprint density at radius 3 is 2.08 bits per heavy atom. The van der Waals surface area contributed by atoms with Gasteiger partial charge in [-0.05, 0) is 52.9 Å². The summed E-state index contributed by atoms with van der Waals surface area (Å²) in [6.45, 7) is 0.350. The molecule has 0 spiro atoms. The van der Waals surface area contributed by atoms with E-state index in [4.69, 9.17) is 23.2 Å². The van der Waals surface area contributed by atoms with E-state index in [0.29, 0.717) is 28.5 Å². The van der Waals surface area contributed by atoms with Crippen LogP contribution in [0.5, 0.6) is 0 Å². The number of hydrogen-bond acceptors (Lipinski definition) is 2. The van der Waals surface area contributed by atoms with E-state index in [1.807, 2.05) is 60.7 Å². The van der Waals surface area contributed by atoms with Crippen molar-refractivity contribution in [1.29, 1.82) is 0 Å². The summed E-state index contributed by atoms with van der Waals surface area (Å²) in [6, 6.07) is 29.6. The molecule has 4 aromatic rings. The minimum absolute atomic E-state index is 0.163. The molecular weight excluding hydrogens is 534 g/mol. The standard InChI is InChI=1S/C32H29Cl2FN2O2/c33-27-15-14-26(29(34)20-27)21-36-32(39)30(19-24-9-5-2-6-10-24)37(22-25-11-16-28(35)17-12-25)31(38)18-13-23-7-3-1-4-8-23/h1-12,14-17,20,30H,13,18-19,21-22H2,(H,36,39)/t30-/m1/s1. The third-order valence-corrected chi connectivity index (χ3v) is 7.06. The van der Waals surface area contributed by atoms with Gasteiger partial charge in [0, 0.05) is 36.0 Å². The zero-order valence-electron chi connectivity index (χ0n) is 21.3. The maximum absolute atomic E-state index is 13.7. The Balaban J connectivity index is 1.61. The van der Waals surface area contributed by atoms with Crippen molar-refractivity contribution in [2.24, 2.45) is 0 Å². The fourth-order valence-corrected chi connectivity index (χ4v) is 4.82. The van der Waals surface area contributed by atoms with Crippen molar-refractivity contribution in [3.8, 4) is 0 Å². The Labute approximate surface area is 238 Å². The molecule has 0 aliphatic heterocycles. The largest absolute Gasteiger partial charge is 0.350 e. The van der Waals surface area contributed by atoms with E-state index < -0.39 is 6.04 Å². The van der Waals surface area contributed by atoms with Crippen LogP contribution in [-0.2, 0) is 35.5 Å². The molecule has 1 N–H and O–H groups in total. The first kappa shape index (κ1) is 28.3. The second-order valence-electron chi connectivity index (χ2n) is 9.29. The van der Waals surface area contributed by atoms with Gasteiger partial charge in [-0.3, -0.25) is 9.59 Å². The van der Waals surface area contributed by atoms with Crippen molar-refractivity contribution in [1.82, 2.24) is 10.2 Å². The lowest BCUT2D eigenvalue weighted by atomic mass is 10.0. The van der Waals surface area contributed by atoms with Gasteiger partial charge in [0.05, 0.1) is 0 Å². The van der Waals surface area contributed by atoms with Gasteiger partial charge < -0.3 is 10.2 Å². The highest BCUT2D eigenvalue weighted by atomic mass is 35.5. The second-order valence-corrected chi connectivity index (χ2v) is 10.1. The quantitative estimate of drug-likeness (QED) is 0.213. The topological polar surface area (TPSA) is 49.4 Å². The molecule has 0 unspecified atom stereocenters. The van der Waals surface area contributed by atoms with Gasteiger partial charge in [0.1, 0.15) is 11.9 Å². The first-order valence-electron chi connectivity index (χ1n) is 12.7. The summed E-state index contributed by atoms with van der Waals surface area (Å²) in [5, 5.41) is 3.92. The van der Waals surface area contributed by atoms with Crippen molar-refractivity contribution in [2.75, 3.05) is 0 Å². The molecule has 0 saturated heterocycles. The minimum atomic E-state index is -0.799. The van der Waals surface area contributed by atoms with Gasteiger partial charge in [-0.25, -0.2) is 4.39 Å². The first-order chi connectivity index (χ1) is 18.9. The molecule has 39 heavy (non-hydrogen) atoms. The van der Waals surface area contributed by atoms with Crippen molar-refractivity contribution in [3.63, 3.8) is 0 Å². The number of carbonyl (C=O) groups is 2. The van der Waals surface area contributed by atoms with Crippen LogP contribution in [0.4, 0.5) is 4.39 Å². The molecule has 0 bridgehead atoms. The van der Waals surface area contributed by atoms with E-state index in [1.54, 1.807) is 35.2 Å². The Kier molecular flexibility index (Phi) is 10.1. The SMILES string of the molecule is O=C(NCc1ccc(Cl)cc1Cl)[C@@H](Cc1ccccc1)N(Cc1ccc(F)cc1)C(=O)CCc1ccccc1. The molecule has 0 saturated carbocycles. The van der Waals surface area contributed by atoms with Crippen molar-refractivity contribution >= 4 is 35.0 Å². The summed E-state index contributed by atoms with van der Waals surface area (Å²) in [6.07, 6.45) is 1.09. The normalized spacial score (nSPS) is 11.6. The molecule has 0 radical (unpaired) electrons. The summed E-state index contributed by atoms with van der Waals surface area (Å²) < 4.78 is 13.6. The molecule has 0 aromatic heterocycles. The highest BCUT2D eigenvalue weighted by molar-refractivity contribution is 6.35. The first-order valence-corrected chi connectivity index (χ1v) is 13.5. The van der Waals surface area contributed by atoms with Crippen LogP contribution in [0, 0.1) is 5.82 Å². The zero-order chi connectivity index (χ0) is 27.6. The fourth-order valence-electron chi connectivity index (χ4n) is 4.35. The average molecular weight is 564 g/mol. The van der Waals surface area contributed by atoms with Crippen LogP contribution in [0.1, 0.15) is 28.7 Å². The molecule has 4 nitrogen and oxygen atoms in total. The monoisotopic (exact) mass is 562 g/mol. The summed E-state index contributed by atoms with van der Waals surface area (Å²) in [5.41, 5.74) is 3.40. The van der Waals surface area contributed by atoms with E-state index in [0.717, 1.165) is 16.7 Å². The van der Waals surface area contributed by atoms with Crippen LogP contribution in [0.25, 0.3) is 0 Å². The lowest BCUT2D eigenvalue weighted by Crippen LogP contribution is -2.50. The van der Waals surface area contributed by atoms with Crippen LogP contribution in [0.3, 0.4) is 0 Å². The van der Waals surface area contributed by atoms with E-state index in [1.165, 1.54) is 12.1 Å². The predicted octanol–water partition coefficient (Wildman–Crippen LogP) is 7.02. The highest BCUT2D eigenvalue weighted by Gasteiger charge is 2.30. The number of nitrogens with one attached hydrogen (secondary N) is 1. The molecule has 4 rings (SSSR count). The number of amides is 2. The number of carbonyl (C=O) groups excluding carboxylic acids is 2. The molecule has 0 aliphatic rings. The van der Waals surface area contributed by atoms with Gasteiger partial charge in [-0.2, -0.15) is 0 Å². The van der Waals surface area contributed by atoms with E-state index >= 15 is 0 Å². The highest BCUT2D eigenvalue weighted by Crippen LogP contribution is 2.22. The number of halogens is 3. The Bertz CT molecular complexity index is 1380. The smallest absolute Gasteiger partial charge is 0.243 e. The third-order valence-electron chi connectivity index (χ3n) is 6.48. The second kappa shape index (κ2) is 13.9. The summed E-state index contributed by atoms with van der Waals surface area (Å²) in [4.78, 5) is 29.1. The number of hydrogen-bond donors (Lipinski definition) is 1. The van der Waals surface area contributed by atoms with Crippen LogP contribution >= 0.6 is 23.2 Å². The molecular formula is C32H29Cl2FN2O2. The third kappa shape index (κ3) is 8.41. The number of aryl methyl sites for hydroxylation is 1. The van der Waals surface area contributed by atoms with Gasteiger partial charge in [0.2, 0.25) is 11.8 Å². The van der Waals surface area contributed by atoms with Crippen LogP contribution in [-0.4, -0.2) is 22.8 Å². The van der Waals surface area contributed by atoms with Gasteiger partial charge in [-0.1, -0.05) is 102 Å². The summed E-state index contributed by atoms with van der Waals surface area (Å²) >= 11 is 12.3. The van der Waals surface area contributed by atoms with Crippen LogP contribution in [0.15, 0.2) is 103 Å². The summed E-state index contributed by atoms with van der Waals surface area (Å²) in [7, 11) is 0. The Morgan fingerprint density at radius 1 is 0.795 bits per heavy atom. The molecule has 200 valence electrons. The number of nitrogens with zero attached hydrogens (tertiary/aromatic N) is 1. The molecule has 0 heterocycles. The van der Waals surface area contributed by atoms with Gasteiger partial charge in [0.25, 0.3) is 0 Å². The van der Waals surface area contributed by atoms with Crippen molar-refractivity contribution < 1.29 is 14.0 Å². The molecule has 0 fully saturated rings. The van der Waals surface area contributed by atoms with Gasteiger partial charge in [-0.15, -0.1) is 0 Å². The lowest BCUT2D eigenvalue weighted by molar-refractivity contribution is -0.141. The molecule has 7 heteroatoms. The Hall–Kier alpha value is -3.67. The number of benzene rings is 4. The molecule has 2 amide bonds. The maximum atomic E-state index is 13.7. The van der Waals surface area contributed by atoms with Crippen molar-refractivity contribution in [3.05, 3.63) is 141 Å². The fraction of sp³-hybridized carbons (Fsp3) is 0.188.